The second kappa shape index (κ2) is 13.8. The fourth-order valence-corrected chi connectivity index (χ4v) is 3.86. The molecule has 40 heavy (non-hydrogen) atoms. The Bertz CT molecular complexity index is 1490. The van der Waals surface area contributed by atoms with Gasteiger partial charge in [-0.05, 0) is 72.1 Å². The zero-order chi connectivity index (χ0) is 28.3. The number of ether oxygens (including phenoxy) is 3. The van der Waals surface area contributed by atoms with E-state index < -0.39 is 11.9 Å². The number of hydrogen-bond donors (Lipinski definition) is 2. The molecule has 8 nitrogen and oxygen atoms in total. The van der Waals surface area contributed by atoms with E-state index in [1.54, 1.807) is 48.5 Å². The number of nitrogens with one attached hydrogen (secondary N) is 1. The number of hydrazone groups is 1. The van der Waals surface area contributed by atoms with Gasteiger partial charge >= 0.3 is 5.97 Å². The van der Waals surface area contributed by atoms with Crippen molar-refractivity contribution in [2.45, 2.75) is 20.1 Å². The summed E-state index contributed by atoms with van der Waals surface area (Å²) in [6, 6.07) is 26.2. The molecular formula is C31H27ClN2O6. The first-order chi connectivity index (χ1) is 19.4. The third-order valence-corrected chi connectivity index (χ3v) is 5.97. The third kappa shape index (κ3) is 7.85. The molecule has 0 aromatic heterocycles. The number of carbonyl (C=O) groups is 2. The van der Waals surface area contributed by atoms with Crippen LogP contribution in [0.3, 0.4) is 0 Å². The molecule has 0 unspecified atom stereocenters. The highest BCUT2D eigenvalue weighted by Gasteiger charge is 2.12. The predicted octanol–water partition coefficient (Wildman–Crippen LogP) is 6.36. The fourth-order valence-electron chi connectivity index (χ4n) is 3.62. The Morgan fingerprint density at radius 1 is 0.800 bits per heavy atom. The number of carboxylic acid groups (broad SMARTS) is 1. The van der Waals surface area contributed by atoms with E-state index in [0.29, 0.717) is 46.6 Å². The largest absolute Gasteiger partial charge is 0.490 e. The van der Waals surface area contributed by atoms with E-state index in [0.717, 1.165) is 11.1 Å². The lowest BCUT2D eigenvalue weighted by atomic mass is 10.1. The first-order valence-corrected chi connectivity index (χ1v) is 12.8. The summed E-state index contributed by atoms with van der Waals surface area (Å²) in [7, 11) is 0. The van der Waals surface area contributed by atoms with E-state index in [9.17, 15) is 9.59 Å². The van der Waals surface area contributed by atoms with E-state index in [1.165, 1.54) is 18.3 Å². The van der Waals surface area contributed by atoms with Crippen LogP contribution in [-0.4, -0.2) is 29.8 Å². The number of rotatable bonds is 12. The Morgan fingerprint density at radius 2 is 1.45 bits per heavy atom. The SMILES string of the molecule is CCOc1cc(C(=O)N/N=C/c2ccc(OCc3ccc(C(=O)O)cc3)c(Cl)c2)ccc1OCc1ccccc1. The number of nitrogens with zero attached hydrogens (tertiary/aromatic N) is 1. The summed E-state index contributed by atoms with van der Waals surface area (Å²) < 4.78 is 17.3. The van der Waals surface area contributed by atoms with Gasteiger partial charge in [-0.1, -0.05) is 54.1 Å². The number of carbonyl (C=O) groups excluding carboxylic acids is 1. The predicted molar refractivity (Wildman–Crippen MR) is 153 cm³/mol. The first-order valence-electron chi connectivity index (χ1n) is 12.4. The van der Waals surface area contributed by atoms with Crippen molar-refractivity contribution in [1.82, 2.24) is 5.43 Å². The lowest BCUT2D eigenvalue weighted by Crippen LogP contribution is -2.17. The maximum absolute atomic E-state index is 12.7. The van der Waals surface area contributed by atoms with Crippen molar-refractivity contribution < 1.29 is 28.9 Å². The normalized spacial score (nSPS) is 10.8. The number of carboxylic acids is 1. The lowest BCUT2D eigenvalue weighted by molar-refractivity contribution is 0.0696. The van der Waals surface area contributed by atoms with Gasteiger partial charge in [0.2, 0.25) is 0 Å². The summed E-state index contributed by atoms with van der Waals surface area (Å²) in [5, 5.41) is 13.4. The Morgan fingerprint density at radius 3 is 2.12 bits per heavy atom. The van der Waals surface area contributed by atoms with Gasteiger partial charge in [-0.25, -0.2) is 10.2 Å². The number of amides is 1. The zero-order valence-electron chi connectivity index (χ0n) is 21.7. The lowest BCUT2D eigenvalue weighted by Gasteiger charge is -2.13. The summed E-state index contributed by atoms with van der Waals surface area (Å²) in [6.07, 6.45) is 1.47. The highest BCUT2D eigenvalue weighted by molar-refractivity contribution is 6.32. The first kappa shape index (κ1) is 28.2. The smallest absolute Gasteiger partial charge is 0.335 e. The molecule has 0 heterocycles. The topological polar surface area (TPSA) is 106 Å². The Kier molecular flexibility index (Phi) is 9.74. The molecule has 204 valence electrons. The summed E-state index contributed by atoms with van der Waals surface area (Å²) in [4.78, 5) is 23.7. The van der Waals surface area contributed by atoms with E-state index in [4.69, 9.17) is 30.9 Å². The molecule has 1 amide bonds. The van der Waals surface area contributed by atoms with Crippen LogP contribution in [0.2, 0.25) is 5.02 Å². The molecular weight excluding hydrogens is 532 g/mol. The maximum Gasteiger partial charge on any atom is 0.335 e. The second-order valence-corrected chi connectivity index (χ2v) is 8.96. The molecule has 4 rings (SSSR count). The van der Waals surface area contributed by atoms with Crippen molar-refractivity contribution in [3.63, 3.8) is 0 Å². The van der Waals surface area contributed by atoms with E-state index >= 15 is 0 Å². The van der Waals surface area contributed by atoms with Gasteiger partial charge in [-0.15, -0.1) is 0 Å². The van der Waals surface area contributed by atoms with Crippen LogP contribution in [0.15, 0.2) is 96.1 Å². The van der Waals surface area contributed by atoms with Crippen LogP contribution >= 0.6 is 11.6 Å². The standard InChI is InChI=1S/C31H27ClN2O6/c1-2-38-29-17-25(13-15-28(29)40-19-21-6-4-3-5-7-21)30(35)34-33-18-23-10-14-27(26(32)16-23)39-20-22-8-11-24(12-9-22)31(36)37/h3-18H,2,19-20H2,1H3,(H,34,35)(H,36,37)/b33-18+. The Balaban J connectivity index is 1.33. The molecule has 4 aromatic rings. The molecule has 0 atom stereocenters. The van der Waals surface area contributed by atoms with Crippen LogP contribution in [0.25, 0.3) is 0 Å². The molecule has 0 radical (unpaired) electrons. The average molecular weight is 559 g/mol. The van der Waals surface area contributed by atoms with Gasteiger partial charge in [-0.3, -0.25) is 4.79 Å². The molecule has 2 N–H and O–H groups in total. The molecule has 0 aliphatic carbocycles. The van der Waals surface area contributed by atoms with Gasteiger partial charge in [0, 0.05) is 5.56 Å². The Hall–Kier alpha value is -4.82. The van der Waals surface area contributed by atoms with Gasteiger partial charge < -0.3 is 19.3 Å². The van der Waals surface area contributed by atoms with Crippen LogP contribution < -0.4 is 19.6 Å². The molecule has 4 aromatic carbocycles. The highest BCUT2D eigenvalue weighted by Crippen LogP contribution is 2.29. The Labute approximate surface area is 236 Å². The van der Waals surface area contributed by atoms with Gasteiger partial charge in [0.1, 0.15) is 19.0 Å². The quantitative estimate of drug-likeness (QED) is 0.155. The van der Waals surface area contributed by atoms with Crippen molar-refractivity contribution in [3.05, 3.63) is 124 Å². The maximum atomic E-state index is 12.7. The minimum Gasteiger partial charge on any atom is -0.490 e. The molecule has 9 heteroatoms. The van der Waals surface area contributed by atoms with Crippen LogP contribution in [-0.2, 0) is 13.2 Å². The van der Waals surface area contributed by atoms with Crippen LogP contribution in [0.4, 0.5) is 0 Å². The van der Waals surface area contributed by atoms with E-state index in [1.807, 2.05) is 37.3 Å². The molecule has 0 aliphatic heterocycles. The van der Waals surface area contributed by atoms with Crippen molar-refractivity contribution in [3.8, 4) is 17.2 Å². The second-order valence-electron chi connectivity index (χ2n) is 8.55. The minimum absolute atomic E-state index is 0.206. The molecule has 0 aliphatic rings. The molecule has 0 bridgehead atoms. The van der Waals surface area contributed by atoms with E-state index in [-0.39, 0.29) is 12.2 Å². The van der Waals surface area contributed by atoms with Gasteiger partial charge in [0.05, 0.1) is 23.4 Å². The number of halogens is 1. The van der Waals surface area contributed by atoms with Gasteiger partial charge in [-0.2, -0.15) is 5.10 Å². The summed E-state index contributed by atoms with van der Waals surface area (Å²) in [5.41, 5.74) is 5.56. The minimum atomic E-state index is -0.985. The number of benzene rings is 4. The molecule has 0 spiro atoms. The van der Waals surface area contributed by atoms with Crippen molar-refractivity contribution in [2.24, 2.45) is 5.10 Å². The molecule has 0 saturated heterocycles. The third-order valence-electron chi connectivity index (χ3n) is 5.67. The van der Waals surface area contributed by atoms with Gasteiger partial charge in [0.25, 0.3) is 5.91 Å². The highest BCUT2D eigenvalue weighted by atomic mass is 35.5. The summed E-state index contributed by atoms with van der Waals surface area (Å²) in [5.74, 6) is 0.0754. The van der Waals surface area contributed by atoms with Crippen LogP contribution in [0, 0.1) is 0 Å². The number of hydrogen-bond acceptors (Lipinski definition) is 6. The van der Waals surface area contributed by atoms with Crippen molar-refractivity contribution in [1.29, 1.82) is 0 Å². The monoisotopic (exact) mass is 558 g/mol. The summed E-state index contributed by atoms with van der Waals surface area (Å²) >= 11 is 6.35. The average Bonchev–Trinajstić information content (AvgIpc) is 2.97. The zero-order valence-corrected chi connectivity index (χ0v) is 22.4. The number of aromatic carboxylic acids is 1. The van der Waals surface area contributed by atoms with E-state index in [2.05, 4.69) is 10.5 Å². The molecule has 0 fully saturated rings. The fraction of sp³-hybridized carbons (Fsp3) is 0.129. The van der Waals surface area contributed by atoms with Crippen LogP contribution in [0.1, 0.15) is 44.3 Å². The van der Waals surface area contributed by atoms with Crippen LogP contribution in [0.5, 0.6) is 17.2 Å². The van der Waals surface area contributed by atoms with Gasteiger partial charge in [0.15, 0.2) is 11.5 Å². The van der Waals surface area contributed by atoms with Crippen molar-refractivity contribution >= 4 is 29.7 Å². The molecule has 0 saturated carbocycles. The van der Waals surface area contributed by atoms with Crippen molar-refractivity contribution in [2.75, 3.05) is 6.61 Å². The summed E-state index contributed by atoms with van der Waals surface area (Å²) in [6.45, 7) is 2.88.